The van der Waals surface area contributed by atoms with Gasteiger partial charge in [-0.1, -0.05) is 17.7 Å². The lowest BCUT2D eigenvalue weighted by atomic mass is 9.80. The Labute approximate surface area is 246 Å². The number of ether oxygens (including phenoxy) is 1. The van der Waals surface area contributed by atoms with E-state index in [4.69, 9.17) is 21.3 Å². The Morgan fingerprint density at radius 3 is 2.90 bits per heavy atom. The quantitative estimate of drug-likeness (QED) is 0.284. The van der Waals surface area contributed by atoms with Crippen LogP contribution in [0.1, 0.15) is 36.5 Å². The van der Waals surface area contributed by atoms with Crippen molar-refractivity contribution in [1.29, 1.82) is 0 Å². The summed E-state index contributed by atoms with van der Waals surface area (Å²) in [7, 11) is 0. The van der Waals surface area contributed by atoms with Crippen LogP contribution < -0.4 is 15.1 Å². The fourth-order valence-corrected chi connectivity index (χ4v) is 6.67. The number of benzene rings is 1. The first-order valence-electron chi connectivity index (χ1n) is 14.1. The lowest BCUT2D eigenvalue weighted by Crippen LogP contribution is -2.52. The van der Waals surface area contributed by atoms with E-state index in [0.29, 0.717) is 25.3 Å². The first-order chi connectivity index (χ1) is 20.4. The molecule has 0 aliphatic carbocycles. The average molecular weight is 589 g/mol. The van der Waals surface area contributed by atoms with E-state index in [1.54, 1.807) is 6.20 Å². The molecule has 42 heavy (non-hydrogen) atoms. The van der Waals surface area contributed by atoms with Crippen molar-refractivity contribution in [2.24, 2.45) is 5.41 Å². The Morgan fingerprint density at radius 2 is 2.10 bits per heavy atom. The Morgan fingerprint density at radius 1 is 1.19 bits per heavy atom. The molecule has 0 saturated carbocycles. The van der Waals surface area contributed by atoms with E-state index in [9.17, 15) is 9.18 Å². The maximum absolute atomic E-state index is 14.3. The van der Waals surface area contributed by atoms with E-state index in [2.05, 4.69) is 37.8 Å². The summed E-state index contributed by atoms with van der Waals surface area (Å²) in [6.45, 7) is 5.60. The average Bonchev–Trinajstić information content (AvgIpc) is 3.68. The molecule has 4 aromatic heterocycles. The molecule has 1 spiro atoms. The molecule has 2 aliphatic rings. The summed E-state index contributed by atoms with van der Waals surface area (Å²) in [6.07, 6.45) is 8.53. The van der Waals surface area contributed by atoms with Crippen LogP contribution in [0.3, 0.4) is 0 Å². The van der Waals surface area contributed by atoms with Crippen LogP contribution in [-0.4, -0.2) is 68.5 Å². The van der Waals surface area contributed by atoms with Crippen LogP contribution in [0, 0.1) is 11.2 Å². The summed E-state index contributed by atoms with van der Waals surface area (Å²) in [5, 5.41) is 14.7. The maximum atomic E-state index is 14.3. The molecule has 7 rings (SSSR count). The van der Waals surface area contributed by atoms with E-state index < -0.39 is 11.7 Å². The normalized spacial score (nSPS) is 19.3. The third-order valence-electron chi connectivity index (χ3n) is 8.35. The van der Waals surface area contributed by atoms with Gasteiger partial charge < -0.3 is 9.64 Å². The molecule has 2 aliphatic heterocycles. The molecule has 1 aromatic carbocycles. The second-order valence-corrected chi connectivity index (χ2v) is 11.5. The molecule has 5 aromatic rings. The zero-order valence-electron chi connectivity index (χ0n) is 23.1. The highest BCUT2D eigenvalue weighted by Crippen LogP contribution is 2.40. The van der Waals surface area contributed by atoms with Gasteiger partial charge in [0.15, 0.2) is 5.65 Å². The van der Waals surface area contributed by atoms with E-state index in [-0.39, 0.29) is 16.0 Å². The summed E-state index contributed by atoms with van der Waals surface area (Å²) < 4.78 is 21.9. The molecule has 6 heterocycles. The van der Waals surface area contributed by atoms with Crippen LogP contribution in [0.15, 0.2) is 55.0 Å². The molecule has 216 valence electrons. The van der Waals surface area contributed by atoms with Crippen molar-refractivity contribution >= 4 is 39.9 Å². The van der Waals surface area contributed by atoms with Gasteiger partial charge in [-0.25, -0.2) is 18.9 Å². The number of carbonyl (C=O) groups is 1. The summed E-state index contributed by atoms with van der Waals surface area (Å²) in [6, 6.07) is 10.4. The number of piperidine rings is 1. The molecule has 0 bridgehead atoms. The van der Waals surface area contributed by atoms with Crippen LogP contribution in [0.25, 0.3) is 27.7 Å². The third-order valence-corrected chi connectivity index (χ3v) is 8.66. The monoisotopic (exact) mass is 588 g/mol. The van der Waals surface area contributed by atoms with E-state index >= 15 is 0 Å². The van der Waals surface area contributed by atoms with Gasteiger partial charge in [-0.05, 0) is 56.5 Å². The Balaban J connectivity index is 1.09. The number of rotatable bonds is 6. The van der Waals surface area contributed by atoms with Crippen molar-refractivity contribution in [1.82, 2.24) is 35.2 Å². The molecule has 1 unspecified atom stereocenters. The van der Waals surface area contributed by atoms with Gasteiger partial charge in [0, 0.05) is 48.9 Å². The Kier molecular flexibility index (Phi) is 6.70. The first kappa shape index (κ1) is 26.7. The Bertz CT molecular complexity index is 1770. The number of aromatic nitrogens is 5. The minimum atomic E-state index is -0.624. The fraction of sp³-hybridized carbons (Fsp3) is 0.333. The molecule has 1 atom stereocenters. The topological polar surface area (TPSA) is 104 Å². The van der Waals surface area contributed by atoms with Gasteiger partial charge in [-0.3, -0.25) is 15.3 Å². The maximum Gasteiger partial charge on any atom is 0.270 e. The molecular formula is C30H30ClFN8O2. The van der Waals surface area contributed by atoms with Crippen LogP contribution in [0.4, 0.5) is 10.2 Å². The van der Waals surface area contributed by atoms with Crippen molar-refractivity contribution in [3.63, 3.8) is 0 Å². The lowest BCUT2D eigenvalue weighted by Gasteiger charge is -2.40. The minimum Gasteiger partial charge on any atom is -0.492 e. The van der Waals surface area contributed by atoms with Crippen molar-refractivity contribution in [2.45, 2.75) is 26.2 Å². The second-order valence-electron chi connectivity index (χ2n) is 11.1. The number of pyridine rings is 2. The van der Waals surface area contributed by atoms with Crippen LogP contribution in [0.5, 0.6) is 5.75 Å². The number of nitrogens with one attached hydrogen (secondary N) is 2. The van der Waals surface area contributed by atoms with Gasteiger partial charge in [0.25, 0.3) is 5.91 Å². The number of halogens is 2. The number of carbonyl (C=O) groups excluding carboxylic acids is 1. The van der Waals surface area contributed by atoms with Gasteiger partial charge in [-0.15, -0.1) is 5.10 Å². The molecule has 1 amide bonds. The minimum absolute atomic E-state index is 0.00732. The largest absolute Gasteiger partial charge is 0.492 e. The molecule has 12 heteroatoms. The summed E-state index contributed by atoms with van der Waals surface area (Å²) in [5.41, 5.74) is 6.37. The summed E-state index contributed by atoms with van der Waals surface area (Å²) in [4.78, 5) is 20.0. The molecule has 0 radical (unpaired) electrons. The van der Waals surface area contributed by atoms with E-state index in [1.165, 1.54) is 18.2 Å². The van der Waals surface area contributed by atoms with Gasteiger partial charge in [-0.2, -0.15) is 5.10 Å². The molecule has 10 nitrogen and oxygen atoms in total. The number of amides is 1. The van der Waals surface area contributed by atoms with Crippen molar-refractivity contribution in [3.8, 4) is 16.9 Å². The van der Waals surface area contributed by atoms with Crippen LogP contribution in [0.2, 0.25) is 5.02 Å². The zero-order chi connectivity index (χ0) is 28.8. The molecule has 2 fully saturated rings. The number of nitrogens with zero attached hydrogens (tertiary/aromatic N) is 6. The predicted molar refractivity (Wildman–Crippen MR) is 158 cm³/mol. The summed E-state index contributed by atoms with van der Waals surface area (Å²) in [5.74, 6) is 0.500. The van der Waals surface area contributed by atoms with Crippen LogP contribution >= 0.6 is 11.6 Å². The standard InChI is InChI=1S/C30H30ClFN8O2/c1-2-42-20-13-21(27-22-15-34-35-28(22)36-40(27)16-20)19-7-8-25(33-14-19)38-12-10-30(17-38)9-4-11-39(18-30)37-29(41)26-23(31)5-3-6-24(26)32/h3,5-8,13-16H,2,4,9-12,17-18H2,1H3,(H,35,36)(H,37,41). The number of fused-ring (bicyclic) bond motifs is 3. The van der Waals surface area contributed by atoms with Crippen molar-refractivity contribution in [2.75, 3.05) is 37.7 Å². The van der Waals surface area contributed by atoms with Gasteiger partial charge in [0.05, 0.1) is 40.5 Å². The second kappa shape index (κ2) is 10.6. The molecular weight excluding hydrogens is 559 g/mol. The number of hydrogen-bond acceptors (Lipinski definition) is 7. The van der Waals surface area contributed by atoms with E-state index in [0.717, 1.165) is 65.9 Å². The van der Waals surface area contributed by atoms with Gasteiger partial charge >= 0.3 is 0 Å². The number of H-pyrrole nitrogens is 1. The highest BCUT2D eigenvalue weighted by atomic mass is 35.5. The number of aromatic amines is 1. The molecule has 2 N–H and O–H groups in total. The number of hydrazine groups is 1. The lowest BCUT2D eigenvalue weighted by molar-refractivity contribution is 0.0480. The number of hydrogen-bond donors (Lipinski definition) is 2. The third kappa shape index (κ3) is 4.72. The highest BCUT2D eigenvalue weighted by Gasteiger charge is 2.42. The zero-order valence-corrected chi connectivity index (χ0v) is 23.9. The number of anilines is 1. The highest BCUT2D eigenvalue weighted by molar-refractivity contribution is 6.33. The predicted octanol–water partition coefficient (Wildman–Crippen LogP) is 5.10. The smallest absolute Gasteiger partial charge is 0.270 e. The van der Waals surface area contributed by atoms with Crippen LogP contribution in [-0.2, 0) is 0 Å². The first-order valence-corrected chi connectivity index (χ1v) is 14.5. The SMILES string of the molecule is CCOc1cc(-c2ccc(N3CCC4(CCCN(NC(=O)c5c(F)cccc5Cl)C4)C3)nc2)c2c3cn[nH]c3nn2c1. The summed E-state index contributed by atoms with van der Waals surface area (Å²) >= 11 is 6.12. The van der Waals surface area contributed by atoms with Crippen molar-refractivity contribution < 1.29 is 13.9 Å². The Hall–Kier alpha value is -4.22. The van der Waals surface area contributed by atoms with Gasteiger partial charge in [0.2, 0.25) is 0 Å². The fourth-order valence-electron chi connectivity index (χ4n) is 6.42. The molecule has 2 saturated heterocycles. The van der Waals surface area contributed by atoms with E-state index in [1.807, 2.05) is 34.9 Å². The van der Waals surface area contributed by atoms with Crippen molar-refractivity contribution in [3.05, 3.63) is 71.4 Å². The van der Waals surface area contributed by atoms with Gasteiger partial charge in [0.1, 0.15) is 17.4 Å².